The van der Waals surface area contributed by atoms with Crippen molar-refractivity contribution in [3.63, 3.8) is 0 Å². The molecule has 1 saturated heterocycles. The van der Waals surface area contributed by atoms with Gasteiger partial charge in [-0.3, -0.25) is 4.79 Å². The van der Waals surface area contributed by atoms with Crippen LogP contribution in [0.1, 0.15) is 15.9 Å². The maximum atomic E-state index is 13.5. The zero-order chi connectivity index (χ0) is 21.3. The molecule has 156 valence electrons. The van der Waals surface area contributed by atoms with Crippen molar-refractivity contribution in [1.82, 2.24) is 5.32 Å². The summed E-state index contributed by atoms with van der Waals surface area (Å²) in [6.07, 6.45) is -4.63. The van der Waals surface area contributed by atoms with Gasteiger partial charge in [-0.1, -0.05) is 48.0 Å². The monoisotopic (exact) mass is 433 g/mol. The smallest absolute Gasteiger partial charge is 0.367 e. The van der Waals surface area contributed by atoms with E-state index >= 15 is 0 Å². The van der Waals surface area contributed by atoms with Gasteiger partial charge in [-0.15, -0.1) is 0 Å². The molecular formula is C22H19ClF3N3O. The van der Waals surface area contributed by atoms with Crippen molar-refractivity contribution in [2.24, 2.45) is 0 Å². The van der Waals surface area contributed by atoms with E-state index in [-0.39, 0.29) is 10.7 Å². The second kappa shape index (κ2) is 8.16. The highest BCUT2D eigenvalue weighted by atomic mass is 35.5. The summed E-state index contributed by atoms with van der Waals surface area (Å²) >= 11 is 5.96. The first-order chi connectivity index (χ1) is 14.3. The lowest BCUT2D eigenvalue weighted by Crippen LogP contribution is -2.43. The first-order valence-corrected chi connectivity index (χ1v) is 9.88. The topological polar surface area (TPSA) is 44.4 Å². The van der Waals surface area contributed by atoms with Crippen molar-refractivity contribution >= 4 is 39.7 Å². The van der Waals surface area contributed by atoms with Crippen LogP contribution >= 0.6 is 11.6 Å². The molecule has 0 unspecified atom stereocenters. The average Bonchev–Trinajstić information content (AvgIpc) is 2.74. The molecule has 0 aliphatic carbocycles. The maximum Gasteiger partial charge on any atom is 0.417 e. The van der Waals surface area contributed by atoms with Gasteiger partial charge in [0.15, 0.2) is 0 Å². The lowest BCUT2D eigenvalue weighted by molar-refractivity contribution is -0.137. The number of rotatable bonds is 3. The van der Waals surface area contributed by atoms with Gasteiger partial charge in [-0.25, -0.2) is 0 Å². The SMILES string of the molecule is O=C(Nc1cc(C(F)(F)F)c(Cl)cc1N1CCNCC1)c1cccc2ccccc12. The van der Waals surface area contributed by atoms with Crippen LogP contribution < -0.4 is 15.5 Å². The molecule has 2 N–H and O–H groups in total. The van der Waals surface area contributed by atoms with Crippen LogP contribution in [0.2, 0.25) is 5.02 Å². The number of hydrogen-bond donors (Lipinski definition) is 2. The van der Waals surface area contributed by atoms with E-state index in [1.54, 1.807) is 12.1 Å². The molecule has 0 aromatic heterocycles. The van der Waals surface area contributed by atoms with E-state index in [4.69, 9.17) is 11.6 Å². The Labute approximate surface area is 176 Å². The molecule has 30 heavy (non-hydrogen) atoms. The number of piperazine rings is 1. The number of carbonyl (C=O) groups is 1. The largest absolute Gasteiger partial charge is 0.417 e. The fourth-order valence-corrected chi connectivity index (χ4v) is 3.93. The van der Waals surface area contributed by atoms with Crippen LogP contribution in [-0.2, 0) is 6.18 Å². The van der Waals surface area contributed by atoms with Crippen LogP contribution in [-0.4, -0.2) is 32.1 Å². The van der Waals surface area contributed by atoms with E-state index in [0.717, 1.165) is 16.8 Å². The third-order valence-electron chi connectivity index (χ3n) is 5.13. The van der Waals surface area contributed by atoms with Crippen LogP contribution in [0, 0.1) is 0 Å². The van der Waals surface area contributed by atoms with E-state index in [1.165, 1.54) is 6.07 Å². The van der Waals surface area contributed by atoms with E-state index in [0.29, 0.717) is 37.4 Å². The number of amides is 1. The molecule has 8 heteroatoms. The Balaban J connectivity index is 1.76. The highest BCUT2D eigenvalue weighted by Crippen LogP contribution is 2.41. The summed E-state index contributed by atoms with van der Waals surface area (Å²) in [5.41, 5.74) is -0.0196. The fourth-order valence-electron chi connectivity index (χ4n) is 3.66. The van der Waals surface area contributed by atoms with Gasteiger partial charge in [0, 0.05) is 31.7 Å². The number of nitrogens with one attached hydrogen (secondary N) is 2. The molecule has 3 aromatic rings. The third kappa shape index (κ3) is 4.08. The van der Waals surface area contributed by atoms with E-state index < -0.39 is 17.6 Å². The molecule has 0 radical (unpaired) electrons. The predicted molar refractivity (Wildman–Crippen MR) is 113 cm³/mol. The number of anilines is 2. The summed E-state index contributed by atoms with van der Waals surface area (Å²) in [4.78, 5) is 15.0. The van der Waals surface area contributed by atoms with Crippen molar-refractivity contribution < 1.29 is 18.0 Å². The predicted octanol–water partition coefficient (Wildman–Crippen LogP) is 5.17. The minimum atomic E-state index is -4.63. The Bertz CT molecular complexity index is 1090. The van der Waals surface area contributed by atoms with Gasteiger partial charge in [-0.2, -0.15) is 13.2 Å². The summed E-state index contributed by atoms with van der Waals surface area (Å²) in [7, 11) is 0. The lowest BCUT2D eigenvalue weighted by Gasteiger charge is -2.31. The van der Waals surface area contributed by atoms with Crippen LogP contribution in [0.25, 0.3) is 10.8 Å². The second-order valence-electron chi connectivity index (χ2n) is 7.06. The van der Waals surface area contributed by atoms with Gasteiger partial charge < -0.3 is 15.5 Å². The summed E-state index contributed by atoms with van der Waals surface area (Å²) < 4.78 is 40.4. The quantitative estimate of drug-likeness (QED) is 0.598. The van der Waals surface area contributed by atoms with Gasteiger partial charge in [-0.05, 0) is 29.0 Å². The molecule has 0 bridgehead atoms. The number of alkyl halides is 3. The van der Waals surface area contributed by atoms with Crippen LogP contribution in [0.4, 0.5) is 24.5 Å². The molecule has 1 aliphatic heterocycles. The van der Waals surface area contributed by atoms with Crippen LogP contribution in [0.5, 0.6) is 0 Å². The van der Waals surface area contributed by atoms with Gasteiger partial charge in [0.05, 0.1) is 22.0 Å². The Hall–Kier alpha value is -2.77. The second-order valence-corrected chi connectivity index (χ2v) is 7.47. The molecule has 0 atom stereocenters. The molecule has 3 aromatic carbocycles. The molecule has 1 heterocycles. The minimum absolute atomic E-state index is 0.0894. The Morgan fingerprint density at radius 1 is 1.03 bits per heavy atom. The Kier molecular flexibility index (Phi) is 5.58. The number of nitrogens with zero attached hydrogens (tertiary/aromatic N) is 1. The maximum absolute atomic E-state index is 13.5. The number of fused-ring (bicyclic) bond motifs is 1. The lowest BCUT2D eigenvalue weighted by atomic mass is 10.0. The Morgan fingerprint density at radius 3 is 2.47 bits per heavy atom. The van der Waals surface area contributed by atoms with Gasteiger partial charge in [0.25, 0.3) is 5.91 Å². The summed E-state index contributed by atoms with van der Waals surface area (Å²) in [5.74, 6) is -0.473. The summed E-state index contributed by atoms with van der Waals surface area (Å²) in [6.45, 7) is 2.57. The molecule has 1 aliphatic rings. The van der Waals surface area contributed by atoms with Crippen molar-refractivity contribution in [3.05, 3.63) is 70.7 Å². The number of halogens is 4. The first-order valence-electron chi connectivity index (χ1n) is 9.50. The number of benzene rings is 3. The third-order valence-corrected chi connectivity index (χ3v) is 5.44. The minimum Gasteiger partial charge on any atom is -0.367 e. The first kappa shape index (κ1) is 20.5. The molecule has 1 amide bonds. The van der Waals surface area contributed by atoms with Crippen LogP contribution in [0.15, 0.2) is 54.6 Å². The van der Waals surface area contributed by atoms with Crippen molar-refractivity contribution in [1.29, 1.82) is 0 Å². The van der Waals surface area contributed by atoms with E-state index in [9.17, 15) is 18.0 Å². The fraction of sp³-hybridized carbons (Fsp3) is 0.227. The molecular weight excluding hydrogens is 415 g/mol. The highest BCUT2D eigenvalue weighted by molar-refractivity contribution is 6.32. The highest BCUT2D eigenvalue weighted by Gasteiger charge is 2.35. The van der Waals surface area contributed by atoms with Gasteiger partial charge in [0.1, 0.15) is 0 Å². The number of hydrogen-bond acceptors (Lipinski definition) is 3. The van der Waals surface area contributed by atoms with Crippen molar-refractivity contribution in [2.45, 2.75) is 6.18 Å². The van der Waals surface area contributed by atoms with E-state index in [2.05, 4.69) is 10.6 Å². The van der Waals surface area contributed by atoms with Gasteiger partial charge in [0.2, 0.25) is 0 Å². The van der Waals surface area contributed by atoms with Gasteiger partial charge >= 0.3 is 6.18 Å². The Morgan fingerprint density at radius 2 is 1.73 bits per heavy atom. The van der Waals surface area contributed by atoms with Crippen molar-refractivity contribution in [2.75, 3.05) is 36.4 Å². The molecule has 0 spiro atoms. The molecule has 4 rings (SSSR count). The van der Waals surface area contributed by atoms with E-state index in [1.807, 2.05) is 35.2 Å². The molecule has 0 saturated carbocycles. The molecule has 1 fully saturated rings. The normalized spacial score (nSPS) is 14.7. The zero-order valence-corrected chi connectivity index (χ0v) is 16.6. The summed E-state index contributed by atoms with van der Waals surface area (Å²) in [6, 6.07) is 14.9. The molecule has 4 nitrogen and oxygen atoms in total. The summed E-state index contributed by atoms with van der Waals surface area (Å²) in [5, 5.41) is 7.11. The zero-order valence-electron chi connectivity index (χ0n) is 15.9. The number of carbonyl (C=O) groups excluding carboxylic acids is 1. The standard InChI is InChI=1S/C22H19ClF3N3O/c23-18-13-20(29-10-8-27-9-11-29)19(12-17(18)22(24,25)26)28-21(30)16-7-3-5-14-4-1-2-6-15(14)16/h1-7,12-13,27H,8-11H2,(H,28,30). The van der Waals surface area contributed by atoms with Crippen LogP contribution in [0.3, 0.4) is 0 Å². The average molecular weight is 434 g/mol. The van der Waals surface area contributed by atoms with Crippen molar-refractivity contribution in [3.8, 4) is 0 Å².